The van der Waals surface area contributed by atoms with Crippen LogP contribution in [0.1, 0.15) is 128 Å². The van der Waals surface area contributed by atoms with E-state index in [1.807, 2.05) is 0 Å². The Hall–Kier alpha value is -4.87. The molecule has 342 valence electrons. The zero-order chi connectivity index (χ0) is 44.0. The number of aliphatic hydroxyl groups excluding tert-OH is 1. The van der Waals surface area contributed by atoms with Gasteiger partial charge in [-0.05, 0) is 187 Å². The Kier molecular flexibility index (Phi) is 12.0. The first-order chi connectivity index (χ1) is 32.6. The summed E-state index contributed by atoms with van der Waals surface area (Å²) in [6, 6.07) is 9.59. The average Bonchev–Trinajstić information content (AvgIpc) is 3.88. The van der Waals surface area contributed by atoms with Crippen molar-refractivity contribution in [3.63, 3.8) is 0 Å². The summed E-state index contributed by atoms with van der Waals surface area (Å²) in [4.78, 5) is 10.8. The van der Waals surface area contributed by atoms with Crippen LogP contribution in [-0.2, 0) is 0 Å². The average molecular weight is 878 g/mol. The van der Waals surface area contributed by atoms with Crippen molar-refractivity contribution < 1.29 is 5.11 Å². The van der Waals surface area contributed by atoms with Crippen LogP contribution in [0.5, 0.6) is 0 Å². The first-order valence-corrected chi connectivity index (χ1v) is 26.4. The van der Waals surface area contributed by atoms with E-state index in [4.69, 9.17) is 4.99 Å². The Morgan fingerprint density at radius 2 is 1.76 bits per heavy atom. The second kappa shape index (κ2) is 18.7. The topological polar surface area (TPSA) is 63.1 Å². The highest BCUT2D eigenvalue weighted by atomic mass is 16.3. The Morgan fingerprint density at radius 1 is 0.803 bits per heavy atom. The molecule has 1 aromatic rings. The van der Waals surface area contributed by atoms with Crippen molar-refractivity contribution in [2.24, 2.45) is 40.5 Å². The minimum atomic E-state index is -0.359. The molecule has 6 heteroatoms. The fraction of sp³-hybridized carbons (Fsp3) is 0.500. The lowest BCUT2D eigenvalue weighted by molar-refractivity contribution is 0.0817. The number of anilines is 1. The lowest BCUT2D eigenvalue weighted by Gasteiger charge is -2.42. The molecule has 1 saturated heterocycles. The van der Waals surface area contributed by atoms with Crippen molar-refractivity contribution in [2.75, 3.05) is 4.90 Å². The number of aliphatic hydroxyl groups is 1. The zero-order valence-electron chi connectivity index (χ0n) is 39.0. The first-order valence-electron chi connectivity index (χ1n) is 26.4. The van der Waals surface area contributed by atoms with Gasteiger partial charge in [0, 0.05) is 52.1 Å². The number of rotatable bonds is 9. The fourth-order valence-electron chi connectivity index (χ4n) is 14.2. The molecule has 0 radical (unpaired) electrons. The van der Waals surface area contributed by atoms with Crippen LogP contribution in [-0.4, -0.2) is 46.4 Å². The highest BCUT2D eigenvalue weighted by molar-refractivity contribution is 6.00. The van der Waals surface area contributed by atoms with Gasteiger partial charge in [-0.15, -0.1) is 5.73 Å². The van der Waals surface area contributed by atoms with Crippen LogP contribution in [0, 0.1) is 35.5 Å². The number of aliphatic imine (C=N–C) groups is 1. The van der Waals surface area contributed by atoms with Crippen molar-refractivity contribution in [3.8, 4) is 0 Å². The van der Waals surface area contributed by atoms with E-state index in [0.29, 0.717) is 35.6 Å². The number of allylic oxidation sites excluding steroid dienone is 16. The minimum absolute atomic E-state index is 0.00745. The number of benzene rings is 1. The zero-order valence-corrected chi connectivity index (χ0v) is 39.0. The summed E-state index contributed by atoms with van der Waals surface area (Å²) in [5.74, 6) is 3.52. The molecule has 11 unspecified atom stereocenters. The lowest BCUT2D eigenvalue weighted by Crippen LogP contribution is -2.58. The van der Waals surface area contributed by atoms with E-state index in [9.17, 15) is 5.11 Å². The van der Waals surface area contributed by atoms with Crippen LogP contribution in [0.15, 0.2) is 166 Å². The maximum atomic E-state index is 12.6. The summed E-state index contributed by atoms with van der Waals surface area (Å²) < 4.78 is 0. The largest absolute Gasteiger partial charge is 0.391 e. The summed E-state index contributed by atoms with van der Waals surface area (Å²) in [6.07, 6.45) is 57.5. The van der Waals surface area contributed by atoms with E-state index in [1.54, 1.807) is 22.4 Å². The van der Waals surface area contributed by atoms with Crippen LogP contribution in [0.3, 0.4) is 0 Å². The van der Waals surface area contributed by atoms with Crippen molar-refractivity contribution in [1.29, 1.82) is 0 Å². The monoisotopic (exact) mass is 878 g/mol. The summed E-state index contributed by atoms with van der Waals surface area (Å²) in [5, 5.41) is 20.4. The van der Waals surface area contributed by atoms with Crippen LogP contribution in [0.4, 0.5) is 5.69 Å². The molecule has 3 N–H and O–H groups in total. The van der Waals surface area contributed by atoms with Crippen LogP contribution >= 0.6 is 0 Å². The van der Waals surface area contributed by atoms with Crippen LogP contribution in [0.25, 0.3) is 0 Å². The van der Waals surface area contributed by atoms with Gasteiger partial charge in [0.1, 0.15) is 12.0 Å². The predicted molar refractivity (Wildman–Crippen MR) is 270 cm³/mol. The Bertz CT molecular complexity index is 2480. The molecule has 1 fully saturated rings. The van der Waals surface area contributed by atoms with Gasteiger partial charge >= 0.3 is 0 Å². The molecule has 3 heterocycles. The Morgan fingerprint density at radius 3 is 2.62 bits per heavy atom. The van der Waals surface area contributed by atoms with Crippen LogP contribution in [0.2, 0.25) is 0 Å². The van der Waals surface area contributed by atoms with Crippen molar-refractivity contribution in [2.45, 2.75) is 153 Å². The molecular formula is C60H71N5O. The molecule has 0 aromatic heterocycles. The molecule has 1 aromatic carbocycles. The summed E-state index contributed by atoms with van der Waals surface area (Å²) >= 11 is 0. The van der Waals surface area contributed by atoms with E-state index in [-0.39, 0.29) is 30.4 Å². The van der Waals surface area contributed by atoms with E-state index < -0.39 is 0 Å². The SMILES string of the molecule is OC1C2CC=CCC2N(c2cccc(C3=NC(C4=CCCCC4)NC(C4C=C=CCC4)N3)c2)C1C1CCC=CC1CC1=CCC(C2=CC=C3C(C2)C2=C(CCC=C2)N3C2=CCCC=C2)CC1. The third-order valence-corrected chi connectivity index (χ3v) is 17.5. The van der Waals surface area contributed by atoms with Gasteiger partial charge in [-0.1, -0.05) is 90.1 Å². The number of amidine groups is 1. The van der Waals surface area contributed by atoms with E-state index in [1.165, 1.54) is 48.3 Å². The maximum Gasteiger partial charge on any atom is 0.131 e. The number of fused-ring (bicyclic) bond motifs is 3. The van der Waals surface area contributed by atoms with E-state index in [0.717, 1.165) is 108 Å². The van der Waals surface area contributed by atoms with Gasteiger partial charge in [-0.25, -0.2) is 4.99 Å². The van der Waals surface area contributed by atoms with Gasteiger partial charge in [0.15, 0.2) is 0 Å². The highest BCUT2D eigenvalue weighted by Gasteiger charge is 2.52. The molecule has 0 amide bonds. The number of hydrogen-bond acceptors (Lipinski definition) is 6. The van der Waals surface area contributed by atoms with Gasteiger partial charge in [0.25, 0.3) is 0 Å². The molecule has 0 bridgehead atoms. The minimum Gasteiger partial charge on any atom is -0.391 e. The smallest absolute Gasteiger partial charge is 0.131 e. The van der Waals surface area contributed by atoms with Gasteiger partial charge in [0.2, 0.25) is 0 Å². The van der Waals surface area contributed by atoms with Gasteiger partial charge in [-0.2, -0.15) is 0 Å². The number of nitrogens with one attached hydrogen (secondary N) is 2. The Balaban J connectivity index is 0.787. The molecule has 0 spiro atoms. The molecule has 11 atom stereocenters. The molecular weight excluding hydrogens is 807 g/mol. The van der Waals surface area contributed by atoms with Crippen LogP contribution < -0.4 is 15.5 Å². The standard InChI is InChI=1S/C60H71N5O/c66-57-51-28-13-15-30-54(51)65(48-25-16-22-46(38-48)60-62-58(42-17-4-1-5-18-42)61-59(63-60)43-19-6-2-7-20-43)56(57)49-26-11-10-21-45(49)37-40-31-33-41(34-32-40)44-35-36-55-52(39-44)50-27-12-14-29-53(50)64(55)47-23-8-3-9-24-47/h1,8,10,12-13,15-16,18-19,21-25,27,31,35-36,38,41-42,45,49,51-52,54,56-59,61,66H,2-4,6-7,9,11,14,17,20,26,28-30,32-34,37,39H2,(H,62,63). The fourth-order valence-corrected chi connectivity index (χ4v) is 14.2. The van der Waals surface area contributed by atoms with Crippen molar-refractivity contribution in [3.05, 3.63) is 166 Å². The Labute approximate surface area is 394 Å². The molecule has 0 saturated carbocycles. The van der Waals surface area contributed by atoms with Gasteiger partial charge in [-0.3, -0.25) is 5.32 Å². The molecule has 12 rings (SSSR count). The molecule has 3 aliphatic heterocycles. The van der Waals surface area contributed by atoms with Gasteiger partial charge in [0.05, 0.1) is 18.3 Å². The maximum absolute atomic E-state index is 12.6. The van der Waals surface area contributed by atoms with E-state index in [2.05, 4.69) is 142 Å². The third-order valence-electron chi connectivity index (χ3n) is 17.5. The van der Waals surface area contributed by atoms with Crippen molar-refractivity contribution in [1.82, 2.24) is 15.5 Å². The molecule has 6 nitrogen and oxygen atoms in total. The third kappa shape index (κ3) is 8.09. The second-order valence-corrected chi connectivity index (χ2v) is 21.3. The summed E-state index contributed by atoms with van der Waals surface area (Å²) in [7, 11) is 0. The quantitative estimate of drug-likeness (QED) is 0.170. The summed E-state index contributed by atoms with van der Waals surface area (Å²) in [5.41, 5.74) is 16.5. The predicted octanol–water partition coefficient (Wildman–Crippen LogP) is 12.5. The second-order valence-electron chi connectivity index (χ2n) is 21.3. The van der Waals surface area contributed by atoms with Gasteiger partial charge < -0.3 is 20.2 Å². The number of hydrogen-bond donors (Lipinski definition) is 3. The highest BCUT2D eigenvalue weighted by Crippen LogP contribution is 2.52. The van der Waals surface area contributed by atoms with E-state index >= 15 is 0 Å². The lowest BCUT2D eigenvalue weighted by atomic mass is 9.71. The number of nitrogens with zero attached hydrogens (tertiary/aromatic N) is 3. The molecule has 11 aliphatic rings. The molecule has 8 aliphatic carbocycles. The summed E-state index contributed by atoms with van der Waals surface area (Å²) in [6.45, 7) is 0. The normalized spacial score (nSPS) is 35.9. The molecule has 66 heavy (non-hydrogen) atoms. The first kappa shape index (κ1) is 42.5. The van der Waals surface area contributed by atoms with Crippen molar-refractivity contribution >= 4 is 11.5 Å².